The first-order valence-corrected chi connectivity index (χ1v) is 6.50. The topological polar surface area (TPSA) is 62.2 Å². The van der Waals surface area contributed by atoms with Crippen LogP contribution in [0.25, 0.3) is 0 Å². The van der Waals surface area contributed by atoms with Crippen molar-refractivity contribution in [1.82, 2.24) is 4.98 Å². The molecule has 2 aromatic rings. The van der Waals surface area contributed by atoms with Gasteiger partial charge in [-0.05, 0) is 25.1 Å². The van der Waals surface area contributed by atoms with Gasteiger partial charge >= 0.3 is 0 Å². The minimum Gasteiger partial charge on any atom is -0.384 e. The molecule has 0 aliphatic carbocycles. The molecule has 0 spiro atoms. The Balaban J connectivity index is 2.15. The van der Waals surface area contributed by atoms with Gasteiger partial charge in [0.15, 0.2) is 0 Å². The summed E-state index contributed by atoms with van der Waals surface area (Å²) in [6, 6.07) is 7.17. The summed E-state index contributed by atoms with van der Waals surface area (Å²) in [6.45, 7) is 1.62. The average Bonchev–Trinajstić information content (AvgIpc) is 2.83. The normalized spacial score (nSPS) is 9.58. The Morgan fingerprint density at radius 1 is 1.53 bits per heavy atom. The Labute approximate surface area is 115 Å². The second kappa shape index (κ2) is 6.14. The van der Waals surface area contributed by atoms with Crippen LogP contribution in [0.2, 0.25) is 0 Å². The van der Waals surface area contributed by atoms with Crippen LogP contribution in [-0.2, 0) is 0 Å². The van der Waals surface area contributed by atoms with Gasteiger partial charge in [0.05, 0.1) is 11.2 Å². The van der Waals surface area contributed by atoms with Crippen molar-refractivity contribution in [2.24, 2.45) is 0 Å². The number of hydrogen-bond donors (Lipinski definition) is 2. The van der Waals surface area contributed by atoms with Gasteiger partial charge in [-0.25, -0.2) is 4.98 Å². The molecule has 1 heterocycles. The van der Waals surface area contributed by atoms with E-state index in [0.29, 0.717) is 10.6 Å². The number of carbonyl (C=O) groups is 1. The van der Waals surface area contributed by atoms with E-state index in [4.69, 9.17) is 5.11 Å². The zero-order chi connectivity index (χ0) is 13.7. The standard InChI is InChI=1S/C14H12N2O2S/c1-10-13(19-9-15-10)14(18)16-12-6-2-4-11(8-12)5-3-7-17/h2,4,6,8-9,17H,7H2,1H3,(H,16,18). The predicted octanol–water partition coefficient (Wildman–Crippen LogP) is 2.05. The molecule has 0 saturated carbocycles. The Morgan fingerprint density at radius 2 is 2.37 bits per heavy atom. The van der Waals surface area contributed by atoms with Crippen molar-refractivity contribution in [3.8, 4) is 11.8 Å². The Kier molecular flexibility index (Phi) is 4.29. The summed E-state index contributed by atoms with van der Waals surface area (Å²) < 4.78 is 0. The van der Waals surface area contributed by atoms with Crippen molar-refractivity contribution in [3.63, 3.8) is 0 Å². The third-order valence-corrected chi connectivity index (χ3v) is 3.31. The number of aromatic nitrogens is 1. The van der Waals surface area contributed by atoms with Crippen molar-refractivity contribution >= 4 is 22.9 Å². The summed E-state index contributed by atoms with van der Waals surface area (Å²) in [7, 11) is 0. The fraction of sp³-hybridized carbons (Fsp3) is 0.143. The summed E-state index contributed by atoms with van der Waals surface area (Å²) in [5.41, 5.74) is 3.78. The van der Waals surface area contributed by atoms with Gasteiger partial charge in [-0.1, -0.05) is 17.9 Å². The number of aliphatic hydroxyl groups excluding tert-OH is 1. The first-order chi connectivity index (χ1) is 9.20. The molecule has 0 radical (unpaired) electrons. The number of benzene rings is 1. The number of amides is 1. The lowest BCUT2D eigenvalue weighted by atomic mass is 10.2. The minimum absolute atomic E-state index is 0.174. The summed E-state index contributed by atoms with van der Waals surface area (Å²) in [4.78, 5) is 16.7. The van der Waals surface area contributed by atoms with E-state index in [9.17, 15) is 4.79 Å². The Bertz CT molecular complexity index is 653. The molecule has 2 N–H and O–H groups in total. The van der Waals surface area contributed by atoms with E-state index in [-0.39, 0.29) is 12.5 Å². The van der Waals surface area contributed by atoms with Crippen LogP contribution in [0, 0.1) is 18.8 Å². The summed E-state index contributed by atoms with van der Waals surface area (Å²) in [5.74, 6) is 5.19. The van der Waals surface area contributed by atoms with Crippen molar-refractivity contribution < 1.29 is 9.90 Å². The molecule has 1 aromatic carbocycles. The number of nitrogens with zero attached hydrogens (tertiary/aromatic N) is 1. The van der Waals surface area contributed by atoms with Gasteiger partial charge in [-0.15, -0.1) is 11.3 Å². The lowest BCUT2D eigenvalue weighted by Gasteiger charge is -2.04. The molecule has 0 bridgehead atoms. The number of aryl methyl sites for hydroxylation is 1. The molecule has 0 aliphatic rings. The minimum atomic E-state index is -0.184. The van der Waals surface area contributed by atoms with Crippen LogP contribution < -0.4 is 5.32 Å². The number of aliphatic hydroxyl groups is 1. The smallest absolute Gasteiger partial charge is 0.267 e. The van der Waals surface area contributed by atoms with Crippen molar-refractivity contribution in [2.45, 2.75) is 6.92 Å². The highest BCUT2D eigenvalue weighted by molar-refractivity contribution is 7.12. The Morgan fingerprint density at radius 3 is 3.05 bits per heavy atom. The van der Waals surface area contributed by atoms with Crippen LogP contribution in [-0.4, -0.2) is 22.6 Å². The molecule has 2 rings (SSSR count). The zero-order valence-corrected chi connectivity index (χ0v) is 11.1. The van der Waals surface area contributed by atoms with Crippen LogP contribution in [0.3, 0.4) is 0 Å². The molecule has 5 heteroatoms. The quantitative estimate of drug-likeness (QED) is 0.822. The van der Waals surface area contributed by atoms with E-state index < -0.39 is 0 Å². The van der Waals surface area contributed by atoms with Gasteiger partial charge in [-0.2, -0.15) is 0 Å². The molecule has 1 aromatic heterocycles. The summed E-state index contributed by atoms with van der Waals surface area (Å²) >= 11 is 1.31. The van der Waals surface area contributed by atoms with Crippen LogP contribution in [0.4, 0.5) is 5.69 Å². The largest absolute Gasteiger partial charge is 0.384 e. The van der Waals surface area contributed by atoms with Crippen molar-refractivity contribution in [2.75, 3.05) is 11.9 Å². The fourth-order valence-electron chi connectivity index (χ4n) is 1.52. The SMILES string of the molecule is Cc1ncsc1C(=O)Nc1cccc(C#CCO)c1. The molecule has 0 aliphatic heterocycles. The van der Waals surface area contributed by atoms with E-state index in [1.807, 2.05) is 6.07 Å². The van der Waals surface area contributed by atoms with E-state index in [1.54, 1.807) is 30.6 Å². The van der Waals surface area contributed by atoms with E-state index in [1.165, 1.54) is 11.3 Å². The van der Waals surface area contributed by atoms with Crippen molar-refractivity contribution in [3.05, 3.63) is 45.9 Å². The maximum absolute atomic E-state index is 12.0. The average molecular weight is 272 g/mol. The molecule has 4 nitrogen and oxygen atoms in total. The highest BCUT2D eigenvalue weighted by Gasteiger charge is 2.11. The first-order valence-electron chi connectivity index (χ1n) is 5.62. The third-order valence-electron chi connectivity index (χ3n) is 2.38. The molecule has 96 valence electrons. The first kappa shape index (κ1) is 13.3. The second-order valence-electron chi connectivity index (χ2n) is 3.76. The summed E-state index contributed by atoms with van der Waals surface area (Å²) in [5, 5.41) is 11.5. The number of nitrogens with one attached hydrogen (secondary N) is 1. The number of hydrogen-bond acceptors (Lipinski definition) is 4. The number of thiazole rings is 1. The van der Waals surface area contributed by atoms with E-state index >= 15 is 0 Å². The zero-order valence-electron chi connectivity index (χ0n) is 10.3. The highest BCUT2D eigenvalue weighted by atomic mass is 32.1. The maximum atomic E-state index is 12.0. The lowest BCUT2D eigenvalue weighted by molar-refractivity contribution is 0.103. The van der Waals surface area contributed by atoms with Gasteiger partial charge < -0.3 is 10.4 Å². The number of carbonyl (C=O) groups excluding carboxylic acids is 1. The maximum Gasteiger partial charge on any atom is 0.267 e. The molecular weight excluding hydrogens is 260 g/mol. The van der Waals surface area contributed by atoms with Crippen LogP contribution >= 0.6 is 11.3 Å². The third kappa shape index (κ3) is 3.41. The van der Waals surface area contributed by atoms with Crippen LogP contribution in [0.15, 0.2) is 29.8 Å². The van der Waals surface area contributed by atoms with E-state index in [0.717, 1.165) is 11.3 Å². The molecule has 1 amide bonds. The number of rotatable bonds is 2. The Hall–Kier alpha value is -2.16. The fourth-order valence-corrected chi connectivity index (χ4v) is 2.22. The van der Waals surface area contributed by atoms with Gasteiger partial charge in [0, 0.05) is 11.3 Å². The highest BCUT2D eigenvalue weighted by Crippen LogP contribution is 2.16. The molecule has 0 saturated heterocycles. The second-order valence-corrected chi connectivity index (χ2v) is 4.62. The molecule has 19 heavy (non-hydrogen) atoms. The summed E-state index contributed by atoms with van der Waals surface area (Å²) in [6.07, 6.45) is 0. The van der Waals surface area contributed by atoms with Crippen molar-refractivity contribution in [1.29, 1.82) is 0 Å². The van der Waals surface area contributed by atoms with E-state index in [2.05, 4.69) is 22.1 Å². The van der Waals surface area contributed by atoms with Gasteiger partial charge in [-0.3, -0.25) is 4.79 Å². The van der Waals surface area contributed by atoms with Crippen LogP contribution in [0.5, 0.6) is 0 Å². The predicted molar refractivity (Wildman–Crippen MR) is 75.2 cm³/mol. The molecule has 0 unspecified atom stereocenters. The van der Waals surface area contributed by atoms with Gasteiger partial charge in [0.2, 0.25) is 0 Å². The monoisotopic (exact) mass is 272 g/mol. The number of anilines is 1. The molecule has 0 atom stereocenters. The lowest BCUT2D eigenvalue weighted by Crippen LogP contribution is -2.11. The molecule has 0 fully saturated rings. The molecular formula is C14H12N2O2S. The van der Waals surface area contributed by atoms with Gasteiger partial charge in [0.25, 0.3) is 5.91 Å². The van der Waals surface area contributed by atoms with Gasteiger partial charge in [0.1, 0.15) is 11.5 Å². The van der Waals surface area contributed by atoms with Crippen LogP contribution in [0.1, 0.15) is 20.9 Å².